The van der Waals surface area contributed by atoms with Crippen LogP contribution in [0.5, 0.6) is 5.75 Å². The van der Waals surface area contributed by atoms with Crippen LogP contribution >= 0.6 is 15.9 Å². The minimum absolute atomic E-state index is 0.418. The summed E-state index contributed by atoms with van der Waals surface area (Å²) < 4.78 is 8.69. The molecule has 1 aromatic carbocycles. The Morgan fingerprint density at radius 1 is 1.28 bits per heavy atom. The zero-order chi connectivity index (χ0) is 13.0. The molecule has 2 aromatic rings. The lowest BCUT2D eigenvalue weighted by atomic mass is 10.2. The summed E-state index contributed by atoms with van der Waals surface area (Å²) in [5, 5.41) is 9.42. The van der Waals surface area contributed by atoms with Gasteiger partial charge in [0.1, 0.15) is 12.4 Å². The van der Waals surface area contributed by atoms with Crippen LogP contribution in [0.15, 0.2) is 47.2 Å². The largest absolute Gasteiger partial charge is 0.492 e. The fourth-order valence-electron chi connectivity index (χ4n) is 1.65. The van der Waals surface area contributed by atoms with Crippen LogP contribution in [0.4, 0.5) is 0 Å². The van der Waals surface area contributed by atoms with E-state index in [0.29, 0.717) is 6.61 Å². The first-order valence-corrected chi connectivity index (χ1v) is 6.66. The van der Waals surface area contributed by atoms with Crippen LogP contribution in [0, 0.1) is 0 Å². The van der Waals surface area contributed by atoms with Crippen molar-refractivity contribution in [3.05, 3.63) is 52.8 Å². The molecule has 1 heterocycles. The second-order valence-corrected chi connectivity index (χ2v) is 5.08. The topological polar surface area (TPSA) is 34.4 Å². The molecule has 0 radical (unpaired) electrons. The number of aromatic nitrogens is 1. The van der Waals surface area contributed by atoms with Crippen molar-refractivity contribution >= 4 is 15.9 Å². The fourth-order valence-corrected chi connectivity index (χ4v) is 1.91. The highest BCUT2D eigenvalue weighted by molar-refractivity contribution is 9.10. The lowest BCUT2D eigenvalue weighted by Gasteiger charge is -2.07. The Kier molecular flexibility index (Phi) is 4.44. The molecule has 1 unspecified atom stereocenters. The van der Waals surface area contributed by atoms with Crippen LogP contribution in [0.2, 0.25) is 0 Å². The van der Waals surface area contributed by atoms with Crippen LogP contribution in [0.25, 0.3) is 0 Å². The van der Waals surface area contributed by atoms with E-state index in [4.69, 9.17) is 4.74 Å². The minimum atomic E-state index is -0.418. The van der Waals surface area contributed by atoms with E-state index >= 15 is 0 Å². The van der Waals surface area contributed by atoms with Gasteiger partial charge in [0.25, 0.3) is 0 Å². The normalized spacial score (nSPS) is 12.4. The fraction of sp³-hybridized carbons (Fsp3) is 0.286. The van der Waals surface area contributed by atoms with Crippen LogP contribution < -0.4 is 4.74 Å². The molecular weight excluding hydrogens is 294 g/mol. The van der Waals surface area contributed by atoms with Crippen LogP contribution in [-0.2, 0) is 6.54 Å². The predicted octanol–water partition coefficient (Wildman–Crippen LogP) is 3.38. The van der Waals surface area contributed by atoms with Gasteiger partial charge < -0.3 is 14.4 Å². The van der Waals surface area contributed by atoms with Gasteiger partial charge in [-0.25, -0.2) is 0 Å². The van der Waals surface area contributed by atoms with Gasteiger partial charge in [0.2, 0.25) is 0 Å². The van der Waals surface area contributed by atoms with E-state index in [1.165, 1.54) is 0 Å². The van der Waals surface area contributed by atoms with Crippen molar-refractivity contribution in [1.82, 2.24) is 4.57 Å². The third kappa shape index (κ3) is 3.62. The van der Waals surface area contributed by atoms with Gasteiger partial charge in [0.15, 0.2) is 0 Å². The summed E-state index contributed by atoms with van der Waals surface area (Å²) >= 11 is 3.38. The van der Waals surface area contributed by atoms with Crippen molar-refractivity contribution in [2.45, 2.75) is 19.6 Å². The first kappa shape index (κ1) is 13.2. The summed E-state index contributed by atoms with van der Waals surface area (Å²) in [6, 6.07) is 9.69. The van der Waals surface area contributed by atoms with Gasteiger partial charge in [-0.1, -0.05) is 15.9 Å². The van der Waals surface area contributed by atoms with Crippen molar-refractivity contribution < 1.29 is 9.84 Å². The maximum atomic E-state index is 9.42. The number of aliphatic hydroxyl groups excluding tert-OH is 1. The quantitative estimate of drug-likeness (QED) is 0.918. The molecule has 18 heavy (non-hydrogen) atoms. The van der Waals surface area contributed by atoms with E-state index in [-0.39, 0.29) is 0 Å². The molecule has 0 saturated heterocycles. The number of aliphatic hydroxyl groups is 1. The Morgan fingerprint density at radius 3 is 2.61 bits per heavy atom. The monoisotopic (exact) mass is 309 g/mol. The third-order valence-electron chi connectivity index (χ3n) is 2.69. The van der Waals surface area contributed by atoms with Gasteiger partial charge in [-0.05, 0) is 42.8 Å². The highest BCUT2D eigenvalue weighted by Gasteiger charge is 2.02. The van der Waals surface area contributed by atoms with Crippen molar-refractivity contribution in [3.63, 3.8) is 0 Å². The summed E-state index contributed by atoms with van der Waals surface area (Å²) in [6.45, 7) is 3.14. The molecule has 96 valence electrons. The molecule has 4 heteroatoms. The Balaban J connectivity index is 1.82. The zero-order valence-electron chi connectivity index (χ0n) is 10.2. The Hall–Kier alpha value is -1.26. The molecule has 0 aliphatic rings. The van der Waals surface area contributed by atoms with Gasteiger partial charge >= 0.3 is 0 Å². The minimum Gasteiger partial charge on any atom is -0.492 e. The van der Waals surface area contributed by atoms with E-state index in [9.17, 15) is 5.11 Å². The molecule has 0 aliphatic heterocycles. The smallest absolute Gasteiger partial charge is 0.119 e. The lowest BCUT2D eigenvalue weighted by molar-refractivity contribution is 0.199. The molecule has 1 N–H and O–H groups in total. The summed E-state index contributed by atoms with van der Waals surface area (Å²) in [5.74, 6) is 0.862. The predicted molar refractivity (Wildman–Crippen MR) is 74.7 cm³/mol. The Labute approximate surface area is 115 Å². The summed E-state index contributed by atoms with van der Waals surface area (Å²) in [6.07, 6.45) is 3.47. The van der Waals surface area contributed by atoms with Crippen molar-refractivity contribution in [2.75, 3.05) is 6.61 Å². The van der Waals surface area contributed by atoms with Gasteiger partial charge in [-0.3, -0.25) is 0 Å². The van der Waals surface area contributed by atoms with E-state index in [1.54, 1.807) is 6.92 Å². The first-order valence-electron chi connectivity index (χ1n) is 5.87. The maximum Gasteiger partial charge on any atom is 0.119 e. The van der Waals surface area contributed by atoms with Gasteiger partial charge in [-0.15, -0.1) is 0 Å². The summed E-state index contributed by atoms with van der Waals surface area (Å²) in [7, 11) is 0. The molecule has 0 bridgehead atoms. The SMILES string of the molecule is CC(O)c1ccn(CCOc2ccc(Br)cc2)c1. The number of benzene rings is 1. The first-order chi connectivity index (χ1) is 8.65. The highest BCUT2D eigenvalue weighted by Crippen LogP contribution is 2.16. The summed E-state index contributed by atoms with van der Waals surface area (Å²) in [5.41, 5.74) is 0.929. The average molecular weight is 310 g/mol. The number of hydrogen-bond acceptors (Lipinski definition) is 2. The number of nitrogens with zero attached hydrogens (tertiary/aromatic N) is 1. The van der Waals surface area contributed by atoms with Crippen LogP contribution in [-0.4, -0.2) is 16.3 Å². The standard InChI is InChI=1S/C14H16BrNO2/c1-11(17)12-6-7-16(10-12)8-9-18-14-4-2-13(15)3-5-14/h2-7,10-11,17H,8-9H2,1H3. The van der Waals surface area contributed by atoms with E-state index < -0.39 is 6.10 Å². The molecule has 0 fully saturated rings. The van der Waals surface area contributed by atoms with Crippen LogP contribution in [0.1, 0.15) is 18.6 Å². The van der Waals surface area contributed by atoms with E-state index in [2.05, 4.69) is 15.9 Å². The number of halogens is 1. The van der Waals surface area contributed by atoms with Crippen molar-refractivity contribution in [3.8, 4) is 5.75 Å². The number of ether oxygens (including phenoxy) is 1. The molecular formula is C14H16BrNO2. The summed E-state index contributed by atoms with van der Waals surface area (Å²) in [4.78, 5) is 0. The third-order valence-corrected chi connectivity index (χ3v) is 3.22. The Morgan fingerprint density at radius 2 is 2.00 bits per heavy atom. The van der Waals surface area contributed by atoms with Gasteiger partial charge in [0, 0.05) is 16.9 Å². The molecule has 0 saturated carbocycles. The average Bonchev–Trinajstić information content (AvgIpc) is 2.81. The molecule has 1 atom stereocenters. The molecule has 0 spiro atoms. The van der Waals surface area contributed by atoms with Gasteiger partial charge in [0.05, 0.1) is 12.6 Å². The number of hydrogen-bond donors (Lipinski definition) is 1. The van der Waals surface area contributed by atoms with E-state index in [0.717, 1.165) is 22.3 Å². The van der Waals surface area contributed by atoms with Gasteiger partial charge in [-0.2, -0.15) is 0 Å². The Bertz CT molecular complexity index is 491. The second kappa shape index (κ2) is 6.07. The number of rotatable bonds is 5. The van der Waals surface area contributed by atoms with E-state index in [1.807, 2.05) is 47.3 Å². The van der Waals surface area contributed by atoms with Crippen LogP contribution in [0.3, 0.4) is 0 Å². The van der Waals surface area contributed by atoms with Crippen molar-refractivity contribution in [1.29, 1.82) is 0 Å². The molecule has 0 amide bonds. The highest BCUT2D eigenvalue weighted by atomic mass is 79.9. The molecule has 1 aromatic heterocycles. The molecule has 0 aliphatic carbocycles. The molecule has 3 nitrogen and oxygen atoms in total. The lowest BCUT2D eigenvalue weighted by Crippen LogP contribution is -2.06. The second-order valence-electron chi connectivity index (χ2n) is 4.16. The molecule has 2 rings (SSSR count). The maximum absolute atomic E-state index is 9.42. The van der Waals surface area contributed by atoms with Crippen molar-refractivity contribution in [2.24, 2.45) is 0 Å². The zero-order valence-corrected chi connectivity index (χ0v) is 11.8.